The number of carbonyl (C=O) groups is 1. The largest absolute Gasteiger partial charge is 0.497 e. The minimum absolute atomic E-state index is 0.0172. The molecule has 6 rings (SSSR count). The molecule has 1 amide bonds. The van der Waals surface area contributed by atoms with Gasteiger partial charge in [0.15, 0.2) is 0 Å². The Balaban J connectivity index is 1.40. The van der Waals surface area contributed by atoms with Gasteiger partial charge in [0, 0.05) is 42.5 Å². The number of aromatic nitrogens is 1. The molecule has 3 heterocycles. The van der Waals surface area contributed by atoms with Crippen molar-refractivity contribution in [1.29, 1.82) is 0 Å². The molecule has 2 aliphatic heterocycles. The number of hydrogen-bond acceptors (Lipinski definition) is 5. The van der Waals surface area contributed by atoms with Crippen molar-refractivity contribution in [3.8, 4) is 5.75 Å². The summed E-state index contributed by atoms with van der Waals surface area (Å²) in [5.74, 6) is 1.75. The van der Waals surface area contributed by atoms with E-state index in [0.29, 0.717) is 19.4 Å². The highest BCUT2D eigenvalue weighted by molar-refractivity contribution is 5.78. The van der Waals surface area contributed by atoms with Crippen LogP contribution in [-0.4, -0.2) is 70.2 Å². The zero-order valence-corrected chi connectivity index (χ0v) is 21.7. The number of amides is 1. The number of benzene rings is 1. The number of aliphatic hydroxyl groups is 1. The van der Waals surface area contributed by atoms with Crippen LogP contribution in [0.15, 0.2) is 42.6 Å². The summed E-state index contributed by atoms with van der Waals surface area (Å²) in [5, 5.41) is 12.9. The summed E-state index contributed by atoms with van der Waals surface area (Å²) in [6.07, 6.45) is 8.72. The van der Waals surface area contributed by atoms with Crippen LogP contribution in [-0.2, 0) is 23.1 Å². The fourth-order valence-corrected chi connectivity index (χ4v) is 7.58. The van der Waals surface area contributed by atoms with Crippen molar-refractivity contribution in [2.45, 2.75) is 81.4 Å². The van der Waals surface area contributed by atoms with Crippen LogP contribution >= 0.6 is 0 Å². The van der Waals surface area contributed by atoms with E-state index in [1.54, 1.807) is 13.3 Å². The standard InChI is InChI=1S/C30H39N3O3/c1-3-24-19-30(35)27-16-22-9-10-25(36-2)18-26(22)29(30,11-14-32(27)20-21-7-8-21)12-15-33(24)28(34)17-23-6-4-5-13-31-23/h4-6,9-10,13,18,21,24,27,35H,3,7-8,11-12,14-17,19-20H2,1-2H3/t24?,27-,29-,30-/m1/s1. The molecule has 1 aromatic heterocycles. The molecule has 2 aromatic rings. The molecule has 0 spiro atoms. The van der Waals surface area contributed by atoms with Crippen molar-refractivity contribution in [3.05, 3.63) is 59.4 Å². The Morgan fingerprint density at radius 2 is 2.03 bits per heavy atom. The number of methoxy groups -OCH3 is 1. The lowest BCUT2D eigenvalue weighted by molar-refractivity contribution is -0.154. The molecule has 1 saturated carbocycles. The molecule has 0 radical (unpaired) electrons. The van der Waals surface area contributed by atoms with Crippen molar-refractivity contribution >= 4 is 5.91 Å². The maximum Gasteiger partial charge on any atom is 0.228 e. The number of fused-ring (bicyclic) bond motifs is 1. The van der Waals surface area contributed by atoms with Gasteiger partial charge in [-0.15, -0.1) is 0 Å². The number of piperidine rings is 1. The van der Waals surface area contributed by atoms with E-state index in [-0.39, 0.29) is 23.4 Å². The van der Waals surface area contributed by atoms with Crippen LogP contribution in [0.25, 0.3) is 0 Å². The Labute approximate surface area is 214 Å². The van der Waals surface area contributed by atoms with Crippen LogP contribution < -0.4 is 4.74 Å². The average molecular weight is 490 g/mol. The number of ether oxygens (including phenoxy) is 1. The predicted molar refractivity (Wildman–Crippen MR) is 139 cm³/mol. The SMILES string of the molecule is CCC1C[C@@]2(O)[C@H]3Cc4ccc(OC)cc4[C@]2(CCN1C(=O)Cc1ccccn1)CCN3CC1CC1. The van der Waals surface area contributed by atoms with Crippen LogP contribution in [0.3, 0.4) is 0 Å². The minimum Gasteiger partial charge on any atom is -0.497 e. The summed E-state index contributed by atoms with van der Waals surface area (Å²) in [5.41, 5.74) is 2.15. The van der Waals surface area contributed by atoms with Gasteiger partial charge in [0.2, 0.25) is 5.91 Å². The van der Waals surface area contributed by atoms with Crippen molar-refractivity contribution in [1.82, 2.24) is 14.8 Å². The van der Waals surface area contributed by atoms with Crippen LogP contribution in [0.4, 0.5) is 0 Å². The van der Waals surface area contributed by atoms with E-state index >= 15 is 0 Å². The zero-order valence-electron chi connectivity index (χ0n) is 21.7. The first-order chi connectivity index (χ1) is 17.5. The first-order valence-corrected chi connectivity index (χ1v) is 13.8. The Hall–Kier alpha value is -2.44. The second kappa shape index (κ2) is 9.14. The zero-order chi connectivity index (χ0) is 24.9. The molecule has 3 fully saturated rings. The van der Waals surface area contributed by atoms with Crippen molar-refractivity contribution in [3.63, 3.8) is 0 Å². The van der Waals surface area contributed by atoms with Crippen LogP contribution in [0.5, 0.6) is 5.75 Å². The summed E-state index contributed by atoms with van der Waals surface area (Å²) in [6.45, 7) is 4.93. The van der Waals surface area contributed by atoms with Gasteiger partial charge in [-0.25, -0.2) is 0 Å². The molecule has 192 valence electrons. The lowest BCUT2D eigenvalue weighted by atomic mass is 9.52. The molecule has 4 aliphatic rings. The lowest BCUT2D eigenvalue weighted by Crippen LogP contribution is -2.72. The molecule has 6 heteroatoms. The number of carbonyl (C=O) groups excluding carboxylic acids is 1. The lowest BCUT2D eigenvalue weighted by Gasteiger charge is -2.62. The highest BCUT2D eigenvalue weighted by Crippen LogP contribution is 2.57. The van der Waals surface area contributed by atoms with Gasteiger partial charge in [-0.05, 0) is 92.8 Å². The normalized spacial score (nSPS) is 31.8. The summed E-state index contributed by atoms with van der Waals surface area (Å²) in [4.78, 5) is 22.7. The van der Waals surface area contributed by atoms with Gasteiger partial charge in [0.1, 0.15) is 5.75 Å². The molecule has 6 nitrogen and oxygen atoms in total. The van der Waals surface area contributed by atoms with Crippen molar-refractivity contribution < 1.29 is 14.6 Å². The third-order valence-corrected chi connectivity index (χ3v) is 9.70. The molecule has 2 bridgehead atoms. The Morgan fingerprint density at radius 3 is 2.75 bits per heavy atom. The first-order valence-electron chi connectivity index (χ1n) is 13.8. The third kappa shape index (κ3) is 3.84. The molecular formula is C30H39N3O3. The minimum atomic E-state index is -0.875. The van der Waals surface area contributed by atoms with Gasteiger partial charge in [-0.3, -0.25) is 14.7 Å². The number of hydrogen-bond donors (Lipinski definition) is 1. The second-order valence-corrected chi connectivity index (χ2v) is 11.5. The van der Waals surface area contributed by atoms with Gasteiger partial charge in [0.25, 0.3) is 0 Å². The maximum absolute atomic E-state index is 13.6. The van der Waals surface area contributed by atoms with Crippen LogP contribution in [0, 0.1) is 5.92 Å². The van der Waals surface area contributed by atoms with E-state index in [1.165, 1.54) is 24.0 Å². The molecule has 2 saturated heterocycles. The first kappa shape index (κ1) is 23.9. The predicted octanol–water partition coefficient (Wildman–Crippen LogP) is 3.74. The van der Waals surface area contributed by atoms with Crippen molar-refractivity contribution in [2.24, 2.45) is 5.92 Å². The van der Waals surface area contributed by atoms with Gasteiger partial charge >= 0.3 is 0 Å². The number of rotatable bonds is 6. The van der Waals surface area contributed by atoms with Gasteiger partial charge in [-0.1, -0.05) is 19.1 Å². The average Bonchev–Trinajstić information content (AvgIpc) is 3.72. The molecule has 1 N–H and O–H groups in total. The van der Waals surface area contributed by atoms with Gasteiger partial charge in [-0.2, -0.15) is 0 Å². The van der Waals surface area contributed by atoms with E-state index in [9.17, 15) is 9.90 Å². The fourth-order valence-electron chi connectivity index (χ4n) is 7.58. The fraction of sp³-hybridized carbons (Fsp3) is 0.600. The summed E-state index contributed by atoms with van der Waals surface area (Å²) in [6, 6.07) is 12.3. The van der Waals surface area contributed by atoms with E-state index < -0.39 is 5.60 Å². The Kier molecular flexibility index (Phi) is 6.08. The Morgan fingerprint density at radius 1 is 1.19 bits per heavy atom. The van der Waals surface area contributed by atoms with E-state index in [4.69, 9.17) is 4.74 Å². The quantitative estimate of drug-likeness (QED) is 0.670. The Bertz CT molecular complexity index is 1120. The van der Waals surface area contributed by atoms with Gasteiger partial charge < -0.3 is 14.7 Å². The molecule has 2 aliphatic carbocycles. The number of nitrogens with zero attached hydrogens (tertiary/aromatic N) is 3. The van der Waals surface area contributed by atoms with Crippen molar-refractivity contribution in [2.75, 3.05) is 26.7 Å². The maximum atomic E-state index is 13.6. The molecular weight excluding hydrogens is 450 g/mol. The smallest absolute Gasteiger partial charge is 0.228 e. The topological polar surface area (TPSA) is 65.9 Å². The summed E-state index contributed by atoms with van der Waals surface area (Å²) >= 11 is 0. The molecule has 1 aromatic carbocycles. The van der Waals surface area contributed by atoms with E-state index in [1.807, 2.05) is 18.2 Å². The van der Waals surface area contributed by atoms with Gasteiger partial charge in [0.05, 0.1) is 19.1 Å². The monoisotopic (exact) mass is 489 g/mol. The highest BCUT2D eigenvalue weighted by atomic mass is 16.5. The number of likely N-dealkylation sites (tertiary alicyclic amines) is 2. The number of pyridine rings is 1. The summed E-state index contributed by atoms with van der Waals surface area (Å²) in [7, 11) is 1.72. The van der Waals surface area contributed by atoms with Crippen LogP contribution in [0.1, 0.15) is 62.3 Å². The van der Waals surface area contributed by atoms with Crippen LogP contribution in [0.2, 0.25) is 0 Å². The highest BCUT2D eigenvalue weighted by Gasteiger charge is 2.64. The summed E-state index contributed by atoms with van der Waals surface area (Å²) < 4.78 is 5.65. The molecule has 4 atom stereocenters. The molecule has 1 unspecified atom stereocenters. The second-order valence-electron chi connectivity index (χ2n) is 11.5. The van der Waals surface area contributed by atoms with E-state index in [0.717, 1.165) is 56.1 Å². The molecule has 36 heavy (non-hydrogen) atoms. The van der Waals surface area contributed by atoms with E-state index in [2.05, 4.69) is 39.9 Å². The third-order valence-electron chi connectivity index (χ3n) is 9.70.